The summed E-state index contributed by atoms with van der Waals surface area (Å²) in [7, 11) is 4.93. The van der Waals surface area contributed by atoms with Crippen molar-refractivity contribution in [1.29, 1.82) is 0 Å². The lowest BCUT2D eigenvalue weighted by Gasteiger charge is -2.14. The van der Waals surface area contributed by atoms with Crippen LogP contribution in [0, 0.1) is 6.92 Å². The number of benzene rings is 3. The minimum absolute atomic E-state index is 0.418. The van der Waals surface area contributed by atoms with Crippen LogP contribution in [-0.2, 0) is 0 Å². The molecule has 3 aromatic carbocycles. The summed E-state index contributed by atoms with van der Waals surface area (Å²) in [5.41, 5.74) is 5.00. The fourth-order valence-electron chi connectivity index (χ4n) is 4.88. The minimum Gasteiger partial charge on any atom is -0.497 e. The second-order valence-corrected chi connectivity index (χ2v) is 9.15. The van der Waals surface area contributed by atoms with Crippen molar-refractivity contribution < 1.29 is 18.9 Å². The molecule has 0 atom stereocenters. The van der Waals surface area contributed by atoms with Gasteiger partial charge in [0.2, 0.25) is 5.88 Å². The molecule has 194 valence electrons. The van der Waals surface area contributed by atoms with E-state index >= 15 is 0 Å². The van der Waals surface area contributed by atoms with Gasteiger partial charge < -0.3 is 18.9 Å². The van der Waals surface area contributed by atoms with E-state index in [1.165, 1.54) is 0 Å². The maximum Gasteiger partial charge on any atom is 0.222 e. The first-order valence-corrected chi connectivity index (χ1v) is 12.5. The molecule has 6 rings (SSSR count). The molecular formula is C32H27N3O4. The lowest BCUT2D eigenvalue weighted by atomic mass is 10.0. The van der Waals surface area contributed by atoms with Crippen LogP contribution in [0.1, 0.15) is 5.56 Å². The number of rotatable bonds is 7. The van der Waals surface area contributed by atoms with Gasteiger partial charge in [0.15, 0.2) is 0 Å². The standard InChI is InChI=1S/C32H27N3O4/c1-20-9-11-33-31(13-20)35-28-8-6-5-7-25(28)27-19-30(38-4)26(18-29(27)35)21-14-23(37-3)16-24(15-21)39-32-17-22(36-2)10-12-34-32/h5-19H,1-4H3. The molecular weight excluding hydrogens is 490 g/mol. The normalized spacial score (nSPS) is 11.1. The van der Waals surface area contributed by atoms with Crippen LogP contribution in [0.15, 0.2) is 91.3 Å². The van der Waals surface area contributed by atoms with E-state index in [-0.39, 0.29) is 0 Å². The molecule has 3 heterocycles. The average Bonchev–Trinajstić information content (AvgIpc) is 3.29. The molecule has 0 saturated heterocycles. The van der Waals surface area contributed by atoms with Crippen LogP contribution in [0.3, 0.4) is 0 Å². The van der Waals surface area contributed by atoms with Crippen molar-refractivity contribution in [2.24, 2.45) is 0 Å². The van der Waals surface area contributed by atoms with Crippen molar-refractivity contribution in [3.63, 3.8) is 0 Å². The fraction of sp³-hybridized carbons (Fsp3) is 0.125. The van der Waals surface area contributed by atoms with Gasteiger partial charge in [-0.25, -0.2) is 9.97 Å². The molecule has 0 radical (unpaired) electrons. The SMILES string of the molecule is COc1cc(Oc2cc(OC)ccn2)cc(-c2cc3c(cc2OC)c2ccccc2n3-c2cc(C)ccn2)c1. The molecule has 0 amide bonds. The van der Waals surface area contributed by atoms with Gasteiger partial charge in [0.1, 0.15) is 28.8 Å². The Kier molecular flexibility index (Phi) is 6.25. The number of pyridine rings is 2. The van der Waals surface area contributed by atoms with Crippen molar-refractivity contribution in [1.82, 2.24) is 14.5 Å². The van der Waals surface area contributed by atoms with Crippen LogP contribution < -0.4 is 18.9 Å². The smallest absolute Gasteiger partial charge is 0.222 e. The lowest BCUT2D eigenvalue weighted by Crippen LogP contribution is -1.98. The number of aromatic nitrogens is 3. The first-order chi connectivity index (χ1) is 19.1. The van der Waals surface area contributed by atoms with Gasteiger partial charge >= 0.3 is 0 Å². The summed E-state index contributed by atoms with van der Waals surface area (Å²) >= 11 is 0. The minimum atomic E-state index is 0.418. The van der Waals surface area contributed by atoms with Gasteiger partial charge in [0.25, 0.3) is 0 Å². The third kappa shape index (κ3) is 4.48. The number of fused-ring (bicyclic) bond motifs is 3. The van der Waals surface area contributed by atoms with Gasteiger partial charge in [-0.1, -0.05) is 18.2 Å². The molecule has 7 nitrogen and oxygen atoms in total. The van der Waals surface area contributed by atoms with Crippen LogP contribution >= 0.6 is 0 Å². The third-order valence-electron chi connectivity index (χ3n) is 6.72. The highest BCUT2D eigenvalue weighted by Gasteiger charge is 2.18. The van der Waals surface area contributed by atoms with Crippen molar-refractivity contribution in [2.75, 3.05) is 21.3 Å². The summed E-state index contributed by atoms with van der Waals surface area (Å²) < 4.78 is 25.2. The van der Waals surface area contributed by atoms with Crippen LogP contribution in [0.4, 0.5) is 0 Å². The monoisotopic (exact) mass is 517 g/mol. The first kappa shape index (κ1) is 24.3. The van der Waals surface area contributed by atoms with Gasteiger partial charge in [0.05, 0.1) is 32.4 Å². The molecule has 7 heteroatoms. The van der Waals surface area contributed by atoms with Crippen molar-refractivity contribution in [3.05, 3.63) is 96.8 Å². The molecule has 0 saturated carbocycles. The summed E-state index contributed by atoms with van der Waals surface area (Å²) in [6.45, 7) is 2.07. The average molecular weight is 518 g/mol. The Hall–Kier alpha value is -5.04. The van der Waals surface area contributed by atoms with E-state index < -0.39 is 0 Å². The van der Waals surface area contributed by atoms with E-state index in [1.807, 2.05) is 36.5 Å². The van der Waals surface area contributed by atoms with E-state index in [0.717, 1.165) is 50.1 Å². The molecule has 0 N–H and O–H groups in total. The number of methoxy groups -OCH3 is 3. The highest BCUT2D eigenvalue weighted by atomic mass is 16.5. The summed E-state index contributed by atoms with van der Waals surface area (Å²) in [5.74, 6) is 3.90. The molecule has 39 heavy (non-hydrogen) atoms. The number of ether oxygens (including phenoxy) is 4. The molecule has 0 fully saturated rings. The van der Waals surface area contributed by atoms with E-state index in [0.29, 0.717) is 23.1 Å². The summed E-state index contributed by atoms with van der Waals surface area (Å²) in [5, 5.41) is 2.20. The second-order valence-electron chi connectivity index (χ2n) is 9.15. The van der Waals surface area contributed by atoms with Gasteiger partial charge in [-0.2, -0.15) is 0 Å². The van der Waals surface area contributed by atoms with Crippen LogP contribution in [0.5, 0.6) is 28.9 Å². The molecule has 0 bridgehead atoms. The number of hydrogen-bond acceptors (Lipinski definition) is 6. The molecule has 0 unspecified atom stereocenters. The third-order valence-corrected chi connectivity index (χ3v) is 6.72. The molecule has 0 aliphatic heterocycles. The van der Waals surface area contributed by atoms with Gasteiger partial charge in [-0.15, -0.1) is 0 Å². The highest BCUT2D eigenvalue weighted by Crippen LogP contribution is 2.42. The van der Waals surface area contributed by atoms with E-state index in [4.69, 9.17) is 23.9 Å². The zero-order valence-electron chi connectivity index (χ0n) is 22.1. The zero-order valence-corrected chi connectivity index (χ0v) is 22.1. The van der Waals surface area contributed by atoms with E-state index in [1.54, 1.807) is 39.7 Å². The molecule has 0 aliphatic carbocycles. The molecule has 0 spiro atoms. The number of para-hydroxylation sites is 1. The Morgan fingerprint density at radius 2 is 1.44 bits per heavy atom. The predicted octanol–water partition coefficient (Wildman–Crippen LogP) is 7.37. The topological polar surface area (TPSA) is 67.6 Å². The molecule has 3 aromatic heterocycles. The Bertz CT molecular complexity index is 1830. The maximum atomic E-state index is 6.11. The van der Waals surface area contributed by atoms with E-state index in [9.17, 15) is 0 Å². The Morgan fingerprint density at radius 3 is 2.23 bits per heavy atom. The molecule has 6 aromatic rings. The Balaban J connectivity index is 1.57. The quantitative estimate of drug-likeness (QED) is 0.220. The number of nitrogens with zero attached hydrogens (tertiary/aromatic N) is 3. The van der Waals surface area contributed by atoms with Gasteiger partial charge in [-0.05, 0) is 66.6 Å². The lowest BCUT2D eigenvalue weighted by molar-refractivity contribution is 0.400. The Labute approximate surface area is 226 Å². The maximum absolute atomic E-state index is 6.11. The van der Waals surface area contributed by atoms with Crippen LogP contribution in [-0.4, -0.2) is 35.9 Å². The Morgan fingerprint density at radius 1 is 0.641 bits per heavy atom. The van der Waals surface area contributed by atoms with Crippen molar-refractivity contribution >= 4 is 21.8 Å². The van der Waals surface area contributed by atoms with Gasteiger partial charge in [-0.3, -0.25) is 4.57 Å². The summed E-state index contributed by atoms with van der Waals surface area (Å²) in [6.07, 6.45) is 3.48. The van der Waals surface area contributed by atoms with Crippen molar-refractivity contribution in [3.8, 4) is 45.8 Å². The zero-order chi connectivity index (χ0) is 26.9. The summed E-state index contributed by atoms with van der Waals surface area (Å²) in [4.78, 5) is 9.02. The van der Waals surface area contributed by atoms with E-state index in [2.05, 4.69) is 52.9 Å². The van der Waals surface area contributed by atoms with Gasteiger partial charge in [0, 0.05) is 40.9 Å². The van der Waals surface area contributed by atoms with Crippen LogP contribution in [0.2, 0.25) is 0 Å². The van der Waals surface area contributed by atoms with Crippen LogP contribution in [0.25, 0.3) is 38.8 Å². The summed E-state index contributed by atoms with van der Waals surface area (Å²) in [6, 6.07) is 25.9. The first-order valence-electron chi connectivity index (χ1n) is 12.5. The second kappa shape index (κ2) is 10.0. The van der Waals surface area contributed by atoms with Crippen molar-refractivity contribution in [2.45, 2.75) is 6.92 Å². The highest BCUT2D eigenvalue weighted by molar-refractivity contribution is 6.11. The largest absolute Gasteiger partial charge is 0.497 e. The number of hydrogen-bond donors (Lipinski definition) is 0. The molecule has 0 aliphatic rings. The fourth-order valence-corrected chi connectivity index (χ4v) is 4.88. The number of aryl methyl sites for hydroxylation is 1. The predicted molar refractivity (Wildman–Crippen MR) is 153 cm³/mol.